The van der Waals surface area contributed by atoms with Gasteiger partial charge in [-0.1, -0.05) is 30.3 Å². The van der Waals surface area contributed by atoms with Crippen LogP contribution in [-0.2, 0) is 0 Å². The largest absolute Gasteiger partial charge is 0.342 e. The minimum atomic E-state index is 0.103. The normalized spacial score (nSPS) is 15.0. The summed E-state index contributed by atoms with van der Waals surface area (Å²) in [7, 11) is 0. The molecule has 1 saturated heterocycles. The molecule has 0 spiro atoms. The highest BCUT2D eigenvalue weighted by atomic mass is 16.2. The Bertz CT molecular complexity index is 1090. The number of likely N-dealkylation sites (tertiary alicyclic amines) is 1. The Morgan fingerprint density at radius 2 is 1.72 bits per heavy atom. The van der Waals surface area contributed by atoms with E-state index in [2.05, 4.69) is 16.0 Å². The lowest BCUT2D eigenvalue weighted by Gasteiger charge is -2.31. The number of hydrogen-bond donors (Lipinski definition) is 1. The fraction of sp³-hybridized carbons (Fsp3) is 0.208. The molecule has 5 heteroatoms. The number of aromatic nitrogens is 3. The van der Waals surface area contributed by atoms with Crippen molar-refractivity contribution in [3.05, 3.63) is 84.4 Å². The number of nitrogens with zero attached hydrogens (tertiary/aromatic N) is 3. The Hall–Kier alpha value is -3.47. The van der Waals surface area contributed by atoms with Crippen LogP contribution in [0.3, 0.4) is 0 Å². The number of nitrogens with one attached hydrogen (secondary N) is 1. The zero-order valence-electron chi connectivity index (χ0n) is 16.1. The van der Waals surface area contributed by atoms with Gasteiger partial charge in [0, 0.05) is 37.0 Å². The molecule has 1 fully saturated rings. The van der Waals surface area contributed by atoms with Crippen LogP contribution >= 0.6 is 0 Å². The number of aromatic amines is 1. The van der Waals surface area contributed by atoms with Crippen molar-refractivity contribution in [2.75, 3.05) is 13.1 Å². The molecule has 4 aromatic rings. The molecule has 0 saturated carbocycles. The predicted molar refractivity (Wildman–Crippen MR) is 114 cm³/mol. The summed E-state index contributed by atoms with van der Waals surface area (Å²) in [4.78, 5) is 27.2. The van der Waals surface area contributed by atoms with E-state index in [9.17, 15) is 4.79 Å². The Balaban J connectivity index is 1.25. The third-order valence-electron chi connectivity index (χ3n) is 5.70. The quantitative estimate of drug-likeness (QED) is 0.561. The first-order valence-corrected chi connectivity index (χ1v) is 10.0. The molecular formula is C24H22N4O. The number of H-pyrrole nitrogens is 1. The number of pyridine rings is 1. The van der Waals surface area contributed by atoms with Crippen molar-refractivity contribution in [2.45, 2.75) is 18.8 Å². The van der Waals surface area contributed by atoms with Crippen molar-refractivity contribution in [3.8, 4) is 11.1 Å². The van der Waals surface area contributed by atoms with Gasteiger partial charge in [0.25, 0.3) is 5.91 Å². The number of hydrogen-bond acceptors (Lipinski definition) is 3. The number of piperidine rings is 1. The van der Waals surface area contributed by atoms with E-state index < -0.39 is 0 Å². The highest BCUT2D eigenvalue weighted by molar-refractivity contribution is 5.94. The van der Waals surface area contributed by atoms with Gasteiger partial charge < -0.3 is 9.88 Å². The van der Waals surface area contributed by atoms with Gasteiger partial charge in [-0.15, -0.1) is 0 Å². The van der Waals surface area contributed by atoms with Crippen molar-refractivity contribution in [1.29, 1.82) is 0 Å². The third kappa shape index (κ3) is 3.51. The molecule has 2 aromatic heterocycles. The lowest BCUT2D eigenvalue weighted by molar-refractivity contribution is 0.0711. The van der Waals surface area contributed by atoms with Gasteiger partial charge in [-0.05, 0) is 54.3 Å². The molecule has 1 N–H and O–H groups in total. The standard InChI is InChI=1S/C24H22N4O/c29-24(19-9-7-17(8-10-19)20-4-3-13-25-16-20)28-14-11-18(12-15-28)23-26-21-5-1-2-6-22(21)27-23/h1-10,13,16,18H,11-12,14-15H2,(H,26,27). The average Bonchev–Trinajstić information content (AvgIpc) is 3.24. The number of imidazole rings is 1. The van der Waals surface area contributed by atoms with Crippen molar-refractivity contribution >= 4 is 16.9 Å². The Morgan fingerprint density at radius 3 is 2.45 bits per heavy atom. The molecule has 0 atom stereocenters. The maximum absolute atomic E-state index is 12.9. The second-order valence-electron chi connectivity index (χ2n) is 7.52. The van der Waals surface area contributed by atoms with Gasteiger partial charge in [-0.2, -0.15) is 0 Å². The molecule has 0 radical (unpaired) electrons. The Morgan fingerprint density at radius 1 is 0.931 bits per heavy atom. The van der Waals surface area contributed by atoms with Crippen LogP contribution < -0.4 is 0 Å². The predicted octanol–water partition coefficient (Wildman–Crippen LogP) is 4.64. The summed E-state index contributed by atoms with van der Waals surface area (Å²) in [6.07, 6.45) is 5.45. The number of fused-ring (bicyclic) bond motifs is 1. The minimum Gasteiger partial charge on any atom is -0.342 e. The first-order valence-electron chi connectivity index (χ1n) is 10.0. The first kappa shape index (κ1) is 17.6. The van der Waals surface area contributed by atoms with Gasteiger partial charge in [-0.3, -0.25) is 9.78 Å². The molecular weight excluding hydrogens is 360 g/mol. The molecule has 0 aliphatic carbocycles. The fourth-order valence-corrected chi connectivity index (χ4v) is 4.04. The molecule has 2 aromatic carbocycles. The fourth-order valence-electron chi connectivity index (χ4n) is 4.04. The first-order chi connectivity index (χ1) is 14.3. The second-order valence-corrected chi connectivity index (χ2v) is 7.52. The van der Waals surface area contributed by atoms with E-state index in [4.69, 9.17) is 4.98 Å². The van der Waals surface area contributed by atoms with Gasteiger partial charge in [0.1, 0.15) is 5.82 Å². The smallest absolute Gasteiger partial charge is 0.253 e. The summed E-state index contributed by atoms with van der Waals surface area (Å²) in [6, 6.07) is 19.9. The summed E-state index contributed by atoms with van der Waals surface area (Å²) in [5.41, 5.74) is 4.95. The lowest BCUT2D eigenvalue weighted by atomic mass is 9.95. The summed E-state index contributed by atoms with van der Waals surface area (Å²) < 4.78 is 0. The zero-order chi connectivity index (χ0) is 19.6. The Labute approximate surface area is 169 Å². The maximum atomic E-state index is 12.9. The summed E-state index contributed by atoms with van der Waals surface area (Å²) in [5, 5.41) is 0. The second kappa shape index (κ2) is 7.51. The van der Waals surface area contributed by atoms with E-state index in [0.717, 1.165) is 59.5 Å². The molecule has 29 heavy (non-hydrogen) atoms. The van der Waals surface area contributed by atoms with Gasteiger partial charge >= 0.3 is 0 Å². The van der Waals surface area contributed by atoms with E-state index in [-0.39, 0.29) is 5.91 Å². The highest BCUT2D eigenvalue weighted by Gasteiger charge is 2.26. The van der Waals surface area contributed by atoms with E-state index >= 15 is 0 Å². The van der Waals surface area contributed by atoms with Crippen molar-refractivity contribution < 1.29 is 4.79 Å². The summed E-state index contributed by atoms with van der Waals surface area (Å²) in [5.74, 6) is 1.52. The van der Waals surface area contributed by atoms with Crippen LogP contribution in [0.5, 0.6) is 0 Å². The van der Waals surface area contributed by atoms with Crippen molar-refractivity contribution in [2.24, 2.45) is 0 Å². The molecule has 1 amide bonds. The average molecular weight is 382 g/mol. The SMILES string of the molecule is O=C(c1ccc(-c2cccnc2)cc1)N1CCC(c2nc3ccccc3[nH]2)CC1. The number of amides is 1. The van der Waals surface area contributed by atoms with Crippen molar-refractivity contribution in [3.63, 3.8) is 0 Å². The van der Waals surface area contributed by atoms with Crippen LogP contribution in [0.25, 0.3) is 22.2 Å². The maximum Gasteiger partial charge on any atom is 0.253 e. The van der Waals surface area contributed by atoms with E-state index in [0.29, 0.717) is 5.92 Å². The zero-order valence-corrected chi connectivity index (χ0v) is 16.1. The molecule has 144 valence electrons. The van der Waals surface area contributed by atoms with Gasteiger partial charge in [0.05, 0.1) is 11.0 Å². The van der Waals surface area contributed by atoms with Crippen LogP contribution in [0.2, 0.25) is 0 Å². The molecule has 0 bridgehead atoms. The molecule has 1 aliphatic rings. The number of carbonyl (C=O) groups is 1. The van der Waals surface area contributed by atoms with E-state index in [1.165, 1.54) is 0 Å². The van der Waals surface area contributed by atoms with E-state index in [1.807, 2.05) is 65.7 Å². The van der Waals surface area contributed by atoms with Gasteiger partial charge in [0.15, 0.2) is 0 Å². The van der Waals surface area contributed by atoms with Crippen LogP contribution in [0.1, 0.15) is 34.9 Å². The van der Waals surface area contributed by atoms with Crippen LogP contribution in [0.15, 0.2) is 73.1 Å². The number of rotatable bonds is 3. The van der Waals surface area contributed by atoms with E-state index in [1.54, 1.807) is 6.20 Å². The molecule has 5 nitrogen and oxygen atoms in total. The number of carbonyl (C=O) groups excluding carboxylic acids is 1. The number of benzene rings is 2. The molecule has 3 heterocycles. The third-order valence-corrected chi connectivity index (χ3v) is 5.70. The lowest BCUT2D eigenvalue weighted by Crippen LogP contribution is -2.38. The molecule has 0 unspecified atom stereocenters. The number of para-hydroxylation sites is 2. The van der Waals surface area contributed by atoms with Gasteiger partial charge in [0.2, 0.25) is 0 Å². The summed E-state index contributed by atoms with van der Waals surface area (Å²) in [6.45, 7) is 1.51. The van der Waals surface area contributed by atoms with Gasteiger partial charge in [-0.25, -0.2) is 4.98 Å². The summed E-state index contributed by atoms with van der Waals surface area (Å²) >= 11 is 0. The van der Waals surface area contributed by atoms with Crippen LogP contribution in [-0.4, -0.2) is 38.8 Å². The Kier molecular flexibility index (Phi) is 4.56. The van der Waals surface area contributed by atoms with Crippen LogP contribution in [0, 0.1) is 0 Å². The van der Waals surface area contributed by atoms with Crippen LogP contribution in [0.4, 0.5) is 0 Å². The minimum absolute atomic E-state index is 0.103. The monoisotopic (exact) mass is 382 g/mol. The van der Waals surface area contributed by atoms with Crippen molar-refractivity contribution in [1.82, 2.24) is 19.9 Å². The molecule has 5 rings (SSSR count). The highest BCUT2D eigenvalue weighted by Crippen LogP contribution is 2.28. The topological polar surface area (TPSA) is 61.9 Å². The molecule has 1 aliphatic heterocycles.